The zero-order valence-corrected chi connectivity index (χ0v) is 27.7. The van der Waals surface area contributed by atoms with Crippen molar-refractivity contribution in [3.05, 3.63) is 188 Å². The minimum Gasteiger partial charge on any atom is -0.456 e. The number of rotatable bonds is 6. The molecule has 10 rings (SSSR count). The fraction of sp³-hybridized carbons (Fsp3) is 0. The maximum Gasteiger partial charge on any atom is 0.143 e. The van der Waals surface area contributed by atoms with Crippen molar-refractivity contribution in [2.24, 2.45) is 0 Å². The number of hydrogen-bond acceptors (Lipinski definition) is 3. The van der Waals surface area contributed by atoms with E-state index < -0.39 is 0 Å². The Balaban J connectivity index is 1.20. The van der Waals surface area contributed by atoms with Gasteiger partial charge < -0.3 is 13.7 Å². The van der Waals surface area contributed by atoms with Crippen LogP contribution >= 0.6 is 0 Å². The molecule has 0 atom stereocenters. The SMILES string of the molecule is c1ccc(-c2ccccc2-c2ccccc2N(c2ccc(-c3cccc4c3oc3ccccc34)cc2)c2cccc3oc4ccccc4c23)cc1. The van der Waals surface area contributed by atoms with Crippen molar-refractivity contribution < 1.29 is 8.83 Å². The Morgan fingerprint density at radius 3 is 1.69 bits per heavy atom. The van der Waals surface area contributed by atoms with Crippen LogP contribution in [0.15, 0.2) is 197 Å². The standard InChI is InChI=1S/C48H31NO2/c1-2-14-32(15-3-1)35-16-4-5-17-37(35)38-18-6-9-23-42(38)49(43-24-13-27-46-47(43)41-20-8-11-26-45(41)50-46)34-30-28-33(29-31-34)36-21-12-22-40-39-19-7-10-25-44(39)51-48(36)40/h1-31H. The third-order valence-corrected chi connectivity index (χ3v) is 9.91. The molecule has 3 heteroatoms. The lowest BCUT2D eigenvalue weighted by Crippen LogP contribution is -2.11. The molecule has 0 N–H and O–H groups in total. The summed E-state index contributed by atoms with van der Waals surface area (Å²) in [7, 11) is 0. The van der Waals surface area contributed by atoms with Crippen molar-refractivity contribution in [1.29, 1.82) is 0 Å². The van der Waals surface area contributed by atoms with E-state index in [1.165, 1.54) is 16.7 Å². The van der Waals surface area contributed by atoms with Crippen molar-refractivity contribution in [3.63, 3.8) is 0 Å². The van der Waals surface area contributed by atoms with Crippen LogP contribution in [0.3, 0.4) is 0 Å². The largest absolute Gasteiger partial charge is 0.456 e. The minimum atomic E-state index is 0.856. The molecule has 0 radical (unpaired) electrons. The maximum atomic E-state index is 6.43. The predicted octanol–water partition coefficient (Wildman–Crippen LogP) is 14.0. The number of nitrogens with zero attached hydrogens (tertiary/aromatic N) is 1. The molecular formula is C48H31NO2. The average molecular weight is 654 g/mol. The Labute approximate surface area is 295 Å². The lowest BCUT2D eigenvalue weighted by atomic mass is 9.93. The van der Waals surface area contributed by atoms with Gasteiger partial charge in [-0.25, -0.2) is 0 Å². The summed E-state index contributed by atoms with van der Waals surface area (Å²) in [6, 6.07) is 66.2. The molecule has 2 aromatic heterocycles. The van der Waals surface area contributed by atoms with Crippen LogP contribution in [0, 0.1) is 0 Å². The summed E-state index contributed by atoms with van der Waals surface area (Å²) >= 11 is 0. The molecule has 0 saturated carbocycles. The number of furan rings is 2. The van der Waals surface area contributed by atoms with Gasteiger partial charge in [0.1, 0.15) is 22.3 Å². The molecular weight excluding hydrogens is 623 g/mol. The van der Waals surface area contributed by atoms with Crippen LogP contribution in [0.5, 0.6) is 0 Å². The summed E-state index contributed by atoms with van der Waals surface area (Å²) in [6.07, 6.45) is 0. The first-order valence-electron chi connectivity index (χ1n) is 17.3. The first kappa shape index (κ1) is 29.1. The zero-order chi connectivity index (χ0) is 33.7. The molecule has 0 fully saturated rings. The zero-order valence-electron chi connectivity index (χ0n) is 27.7. The predicted molar refractivity (Wildman–Crippen MR) is 212 cm³/mol. The van der Waals surface area contributed by atoms with E-state index in [9.17, 15) is 0 Å². The molecule has 3 nitrogen and oxygen atoms in total. The molecule has 0 amide bonds. The van der Waals surface area contributed by atoms with Gasteiger partial charge in [0, 0.05) is 33.0 Å². The average Bonchev–Trinajstić information content (AvgIpc) is 3.78. The maximum absolute atomic E-state index is 6.43. The van der Waals surface area contributed by atoms with Gasteiger partial charge in [-0.15, -0.1) is 0 Å². The van der Waals surface area contributed by atoms with Crippen molar-refractivity contribution in [2.75, 3.05) is 4.90 Å². The second-order valence-corrected chi connectivity index (χ2v) is 12.8. The first-order chi connectivity index (χ1) is 25.3. The number of benzene rings is 8. The van der Waals surface area contributed by atoms with Crippen LogP contribution in [0.4, 0.5) is 17.1 Å². The molecule has 8 aromatic carbocycles. The van der Waals surface area contributed by atoms with Gasteiger partial charge in [0.05, 0.1) is 16.8 Å². The fourth-order valence-corrected chi connectivity index (χ4v) is 7.60. The number of para-hydroxylation sites is 4. The normalized spacial score (nSPS) is 11.5. The summed E-state index contributed by atoms with van der Waals surface area (Å²) in [6.45, 7) is 0. The van der Waals surface area contributed by atoms with E-state index in [1.54, 1.807) is 0 Å². The summed E-state index contributed by atoms with van der Waals surface area (Å²) in [5.41, 5.74) is 13.5. The van der Waals surface area contributed by atoms with Crippen LogP contribution in [0.1, 0.15) is 0 Å². The van der Waals surface area contributed by atoms with E-state index >= 15 is 0 Å². The second-order valence-electron chi connectivity index (χ2n) is 12.8. The first-order valence-corrected chi connectivity index (χ1v) is 17.3. The van der Waals surface area contributed by atoms with Gasteiger partial charge in [-0.05, 0) is 64.7 Å². The quantitative estimate of drug-likeness (QED) is 0.179. The molecule has 0 aliphatic heterocycles. The fourth-order valence-electron chi connectivity index (χ4n) is 7.60. The molecule has 0 aliphatic rings. The Morgan fingerprint density at radius 1 is 0.314 bits per heavy atom. The molecule has 0 bridgehead atoms. The van der Waals surface area contributed by atoms with E-state index in [0.29, 0.717) is 0 Å². The van der Waals surface area contributed by atoms with Gasteiger partial charge in [-0.2, -0.15) is 0 Å². The summed E-state index contributed by atoms with van der Waals surface area (Å²) < 4.78 is 12.8. The molecule has 0 aliphatic carbocycles. The third-order valence-electron chi connectivity index (χ3n) is 9.91. The van der Waals surface area contributed by atoms with Crippen molar-refractivity contribution in [2.45, 2.75) is 0 Å². The summed E-state index contributed by atoms with van der Waals surface area (Å²) in [5, 5.41) is 4.42. The minimum absolute atomic E-state index is 0.856. The summed E-state index contributed by atoms with van der Waals surface area (Å²) in [4.78, 5) is 2.38. The summed E-state index contributed by atoms with van der Waals surface area (Å²) in [5.74, 6) is 0. The molecule has 2 heterocycles. The van der Waals surface area contributed by atoms with Crippen LogP contribution in [0.2, 0.25) is 0 Å². The molecule has 51 heavy (non-hydrogen) atoms. The monoisotopic (exact) mass is 653 g/mol. The molecule has 10 aromatic rings. The van der Waals surface area contributed by atoms with E-state index in [0.717, 1.165) is 77.6 Å². The highest BCUT2D eigenvalue weighted by atomic mass is 16.3. The lowest BCUT2D eigenvalue weighted by Gasteiger charge is -2.29. The molecule has 240 valence electrons. The van der Waals surface area contributed by atoms with Crippen molar-refractivity contribution in [3.8, 4) is 33.4 Å². The van der Waals surface area contributed by atoms with Crippen LogP contribution in [-0.4, -0.2) is 0 Å². The second kappa shape index (κ2) is 11.9. The van der Waals surface area contributed by atoms with Crippen molar-refractivity contribution in [1.82, 2.24) is 0 Å². The Morgan fingerprint density at radius 2 is 0.863 bits per heavy atom. The van der Waals surface area contributed by atoms with E-state index in [2.05, 4.69) is 169 Å². The van der Waals surface area contributed by atoms with E-state index in [-0.39, 0.29) is 0 Å². The lowest BCUT2D eigenvalue weighted by molar-refractivity contribution is 0.669. The Kier molecular flexibility index (Phi) is 6.81. The number of fused-ring (bicyclic) bond motifs is 6. The van der Waals surface area contributed by atoms with Gasteiger partial charge in [0.25, 0.3) is 0 Å². The highest BCUT2D eigenvalue weighted by molar-refractivity contribution is 6.14. The number of anilines is 3. The number of hydrogen-bond donors (Lipinski definition) is 0. The smallest absolute Gasteiger partial charge is 0.143 e. The third kappa shape index (κ3) is 4.82. The molecule has 0 saturated heterocycles. The van der Waals surface area contributed by atoms with E-state index in [4.69, 9.17) is 8.83 Å². The van der Waals surface area contributed by atoms with E-state index in [1.807, 2.05) is 24.3 Å². The van der Waals surface area contributed by atoms with Gasteiger partial charge in [-0.1, -0.05) is 146 Å². The highest BCUT2D eigenvalue weighted by Gasteiger charge is 2.23. The Bertz CT molecular complexity index is 2860. The van der Waals surface area contributed by atoms with Crippen molar-refractivity contribution >= 4 is 60.9 Å². The Hall–Kier alpha value is -6.84. The van der Waals surface area contributed by atoms with Crippen LogP contribution < -0.4 is 4.90 Å². The molecule has 0 spiro atoms. The highest BCUT2D eigenvalue weighted by Crippen LogP contribution is 2.47. The van der Waals surface area contributed by atoms with Gasteiger partial charge in [0.15, 0.2) is 0 Å². The van der Waals surface area contributed by atoms with Crippen LogP contribution in [0.25, 0.3) is 77.3 Å². The topological polar surface area (TPSA) is 29.5 Å². The van der Waals surface area contributed by atoms with Crippen LogP contribution in [-0.2, 0) is 0 Å². The van der Waals surface area contributed by atoms with Gasteiger partial charge in [0.2, 0.25) is 0 Å². The molecule has 0 unspecified atom stereocenters. The van der Waals surface area contributed by atoms with Gasteiger partial charge >= 0.3 is 0 Å². The van der Waals surface area contributed by atoms with Gasteiger partial charge in [-0.3, -0.25) is 0 Å².